The summed E-state index contributed by atoms with van der Waals surface area (Å²) < 4.78 is 0. The van der Waals surface area contributed by atoms with Gasteiger partial charge in [-0.3, -0.25) is 0 Å². The van der Waals surface area contributed by atoms with Gasteiger partial charge in [0.15, 0.2) is 0 Å². The minimum absolute atomic E-state index is 0.745. The van der Waals surface area contributed by atoms with Gasteiger partial charge in [-0.2, -0.15) is 0 Å². The largest absolute Gasteiger partial charge is 0.272 e. The highest BCUT2D eigenvalue weighted by molar-refractivity contribution is 6.57. The molecule has 19 heavy (non-hydrogen) atoms. The lowest BCUT2D eigenvalue weighted by Crippen LogP contribution is -2.22. The Morgan fingerprint density at radius 3 is 1.53 bits per heavy atom. The summed E-state index contributed by atoms with van der Waals surface area (Å²) in [7, 11) is 0. The number of hydrogen-bond donors (Lipinski definition) is 0. The maximum atomic E-state index is 2.36. The van der Waals surface area contributed by atoms with Crippen molar-refractivity contribution in [2.75, 3.05) is 0 Å². The van der Waals surface area contributed by atoms with Crippen molar-refractivity contribution < 1.29 is 0 Å². The Bertz CT molecular complexity index is 420. The molecule has 0 aromatic heterocycles. The second-order valence-electron chi connectivity index (χ2n) is 5.88. The van der Waals surface area contributed by atoms with Crippen molar-refractivity contribution in [1.29, 1.82) is 0 Å². The maximum Gasteiger partial charge on any atom is 0.272 e. The zero-order valence-corrected chi connectivity index (χ0v) is 13.2. The first-order valence-corrected chi connectivity index (χ1v) is 9.77. The average molecular weight is 266 g/mol. The van der Waals surface area contributed by atoms with E-state index < -0.39 is 14.1 Å². The summed E-state index contributed by atoms with van der Waals surface area (Å²) in [6.07, 6.45) is 0. The van der Waals surface area contributed by atoms with Crippen molar-refractivity contribution in [1.82, 2.24) is 0 Å². The van der Waals surface area contributed by atoms with E-state index in [4.69, 9.17) is 0 Å². The van der Waals surface area contributed by atoms with Gasteiger partial charge in [-0.05, 0) is 0 Å². The minimum Gasteiger partial charge on any atom is -0.0911 e. The van der Waals surface area contributed by atoms with Crippen LogP contribution in [-0.2, 0) is 10.6 Å². The zero-order valence-electron chi connectivity index (χ0n) is 12.0. The molecule has 0 aliphatic rings. The van der Waals surface area contributed by atoms with Crippen LogP contribution in [0.4, 0.5) is 0 Å². The Balaban J connectivity index is 2.03. The van der Waals surface area contributed by atoms with E-state index in [2.05, 4.69) is 74.5 Å². The van der Waals surface area contributed by atoms with E-state index in [0.717, 1.165) is 5.92 Å². The van der Waals surface area contributed by atoms with Crippen molar-refractivity contribution in [2.45, 2.75) is 29.7 Å². The van der Waals surface area contributed by atoms with Gasteiger partial charge in [0.2, 0.25) is 0 Å². The fourth-order valence-corrected chi connectivity index (χ4v) is 6.49. The fraction of sp³-hybridized carbons (Fsp3) is 0.333. The summed E-state index contributed by atoms with van der Waals surface area (Å²) in [4.78, 5) is 0. The molecule has 0 N–H and O–H groups in total. The third-order valence-electron chi connectivity index (χ3n) is 3.54. The van der Waals surface area contributed by atoms with Crippen LogP contribution in [0, 0.1) is 5.92 Å². The quantitative estimate of drug-likeness (QED) is 0.665. The molecule has 0 fully saturated rings. The molecule has 0 spiro atoms. The summed E-state index contributed by atoms with van der Waals surface area (Å²) in [6.45, 7) is 4.71. The molecule has 0 bridgehead atoms. The molecule has 0 heterocycles. The van der Waals surface area contributed by atoms with E-state index in [0.29, 0.717) is 0 Å². The lowest BCUT2D eigenvalue weighted by molar-refractivity contribution is 0.721. The highest BCUT2D eigenvalue weighted by atomic mass is 27.2. The maximum absolute atomic E-state index is 2.36. The predicted octanol–water partition coefficient (Wildman–Crippen LogP) is 4.70. The molecule has 0 amide bonds. The van der Waals surface area contributed by atoms with Crippen LogP contribution in [0.15, 0.2) is 60.7 Å². The molecule has 0 unspecified atom stereocenters. The summed E-state index contributed by atoms with van der Waals surface area (Å²) in [5, 5.41) is 4.09. The highest BCUT2D eigenvalue weighted by Gasteiger charge is 2.19. The van der Waals surface area contributed by atoms with E-state index in [9.17, 15) is 0 Å². The van der Waals surface area contributed by atoms with Gasteiger partial charge in [0.05, 0.1) is 0 Å². The molecular weight excluding hydrogens is 243 g/mol. The van der Waals surface area contributed by atoms with Crippen molar-refractivity contribution in [3.05, 3.63) is 71.8 Å². The fourth-order valence-electron chi connectivity index (χ4n) is 2.80. The first-order valence-electron chi connectivity index (χ1n) is 7.32. The van der Waals surface area contributed by atoms with Gasteiger partial charge < -0.3 is 0 Å². The van der Waals surface area contributed by atoms with Crippen LogP contribution in [0.3, 0.4) is 0 Å². The van der Waals surface area contributed by atoms with Crippen LogP contribution in [0.1, 0.15) is 25.0 Å². The van der Waals surface area contributed by atoms with E-state index in [-0.39, 0.29) is 0 Å². The average Bonchev–Trinajstić information content (AvgIpc) is 2.40. The second-order valence-corrected chi connectivity index (χ2v) is 8.89. The van der Waals surface area contributed by atoms with Gasteiger partial charge in [0.1, 0.15) is 0 Å². The zero-order chi connectivity index (χ0) is 13.5. The Morgan fingerprint density at radius 2 is 1.16 bits per heavy atom. The summed E-state index contributed by atoms with van der Waals surface area (Å²) >= 11 is -0.745. The Labute approximate surface area is 121 Å². The van der Waals surface area contributed by atoms with Crippen LogP contribution in [0.5, 0.6) is 0 Å². The number of benzene rings is 2. The lowest BCUT2D eigenvalue weighted by atomic mass is 10.2. The van der Waals surface area contributed by atoms with Gasteiger partial charge >= 0.3 is 0 Å². The molecule has 0 aliphatic carbocycles. The minimum atomic E-state index is -0.745. The number of hydrogen-bond acceptors (Lipinski definition) is 0. The topological polar surface area (TPSA) is 0 Å². The van der Waals surface area contributed by atoms with Gasteiger partial charge in [-0.1, -0.05) is 107 Å². The normalized spacial score (nSPS) is 10.7. The molecule has 0 nitrogen and oxygen atoms in total. The molecule has 98 valence electrons. The highest BCUT2D eigenvalue weighted by Crippen LogP contribution is 2.15. The molecule has 0 saturated heterocycles. The standard InChI is InChI=1S/2C7H7.C4H9.Al/c2*1-7-5-3-2-4-6-7;1-4(2)3;/h2*2-6H,1H2;4H,1H2,2-3H3;. The Morgan fingerprint density at radius 1 is 0.737 bits per heavy atom. The van der Waals surface area contributed by atoms with Crippen LogP contribution < -0.4 is 0 Å². The monoisotopic (exact) mass is 266 g/mol. The molecule has 2 aromatic rings. The summed E-state index contributed by atoms with van der Waals surface area (Å²) in [5.41, 5.74) is 3.05. The van der Waals surface area contributed by atoms with Gasteiger partial charge in [0.25, 0.3) is 14.1 Å². The van der Waals surface area contributed by atoms with E-state index in [1.165, 1.54) is 27.0 Å². The van der Waals surface area contributed by atoms with E-state index in [1.54, 1.807) is 0 Å². The van der Waals surface area contributed by atoms with Crippen LogP contribution in [-0.4, -0.2) is 14.1 Å². The molecule has 0 atom stereocenters. The van der Waals surface area contributed by atoms with Crippen molar-refractivity contribution in [3.8, 4) is 0 Å². The predicted molar refractivity (Wildman–Crippen MR) is 85.7 cm³/mol. The lowest BCUT2D eigenvalue weighted by Gasteiger charge is -2.14. The Kier molecular flexibility index (Phi) is 5.70. The third kappa shape index (κ3) is 5.23. The first kappa shape index (κ1) is 14.4. The number of rotatable bonds is 6. The van der Waals surface area contributed by atoms with Crippen molar-refractivity contribution in [3.63, 3.8) is 0 Å². The van der Waals surface area contributed by atoms with Gasteiger partial charge in [-0.15, -0.1) is 0 Å². The summed E-state index contributed by atoms with van der Waals surface area (Å²) in [6, 6.07) is 22.0. The second kappa shape index (κ2) is 7.53. The summed E-state index contributed by atoms with van der Waals surface area (Å²) in [5.74, 6) is 0.823. The van der Waals surface area contributed by atoms with Gasteiger partial charge in [0, 0.05) is 0 Å². The van der Waals surface area contributed by atoms with Crippen molar-refractivity contribution >= 4 is 14.1 Å². The van der Waals surface area contributed by atoms with Crippen LogP contribution in [0.25, 0.3) is 0 Å². The SMILES string of the molecule is CC(C)[CH2][Al]([CH2]c1ccccc1)[CH2]c1ccccc1. The molecule has 0 radical (unpaired) electrons. The molecule has 2 rings (SSSR count). The molecule has 2 aromatic carbocycles. The van der Waals surface area contributed by atoms with E-state index in [1.807, 2.05) is 0 Å². The first-order chi connectivity index (χ1) is 9.24. The molecule has 0 saturated carbocycles. The van der Waals surface area contributed by atoms with Gasteiger partial charge in [-0.25, -0.2) is 0 Å². The van der Waals surface area contributed by atoms with Crippen LogP contribution in [0.2, 0.25) is 5.28 Å². The molecule has 1 heteroatoms. The smallest absolute Gasteiger partial charge is 0.0911 e. The molecule has 0 aliphatic heterocycles. The van der Waals surface area contributed by atoms with Crippen LogP contribution >= 0.6 is 0 Å². The molecular formula is C18H23Al. The third-order valence-corrected chi connectivity index (χ3v) is 7.25. The Hall–Kier alpha value is -1.03. The van der Waals surface area contributed by atoms with Crippen molar-refractivity contribution in [2.24, 2.45) is 5.92 Å². The van der Waals surface area contributed by atoms with E-state index >= 15 is 0 Å².